The number of nitrogens with one attached hydrogen (secondary N) is 1. The van der Waals surface area contributed by atoms with Crippen LogP contribution in [0.25, 0.3) is 0 Å². The van der Waals surface area contributed by atoms with Crippen LogP contribution < -0.4 is 10.5 Å². The van der Waals surface area contributed by atoms with Gasteiger partial charge in [0.05, 0.1) is 5.02 Å². The number of hydrogen-bond acceptors (Lipinski definition) is 4. The SMILES string of the molecule is NC(=S)c1ccc(S(=O)(=O)NCc2cccnc2)c(Cl)c1. The second-order valence-electron chi connectivity index (χ2n) is 4.20. The Kier molecular flexibility index (Phi) is 4.89. The summed E-state index contributed by atoms with van der Waals surface area (Å²) in [5, 5.41) is 0.0685. The Labute approximate surface area is 133 Å². The Morgan fingerprint density at radius 2 is 2.14 bits per heavy atom. The van der Waals surface area contributed by atoms with Gasteiger partial charge in [-0.3, -0.25) is 4.98 Å². The number of pyridine rings is 1. The van der Waals surface area contributed by atoms with Crippen molar-refractivity contribution >= 4 is 38.8 Å². The van der Waals surface area contributed by atoms with E-state index in [-0.39, 0.29) is 21.5 Å². The van der Waals surface area contributed by atoms with E-state index in [1.807, 2.05) is 0 Å². The van der Waals surface area contributed by atoms with Crippen molar-refractivity contribution in [3.63, 3.8) is 0 Å². The largest absolute Gasteiger partial charge is 0.389 e. The summed E-state index contributed by atoms with van der Waals surface area (Å²) in [4.78, 5) is 4.05. The van der Waals surface area contributed by atoms with Crippen LogP contribution >= 0.6 is 23.8 Å². The van der Waals surface area contributed by atoms with Crippen LogP contribution in [-0.4, -0.2) is 18.4 Å². The van der Waals surface area contributed by atoms with Crippen molar-refractivity contribution in [2.45, 2.75) is 11.4 Å². The Bertz CT molecular complexity index is 764. The first kappa shape index (κ1) is 15.8. The molecule has 1 aromatic carbocycles. The van der Waals surface area contributed by atoms with Crippen LogP contribution in [0.5, 0.6) is 0 Å². The van der Waals surface area contributed by atoms with Gasteiger partial charge in [0.25, 0.3) is 0 Å². The van der Waals surface area contributed by atoms with Gasteiger partial charge in [0, 0.05) is 24.5 Å². The molecule has 0 aliphatic rings. The van der Waals surface area contributed by atoms with Crippen molar-refractivity contribution in [3.05, 3.63) is 58.9 Å². The Balaban J connectivity index is 2.22. The molecule has 3 N–H and O–H groups in total. The van der Waals surface area contributed by atoms with Gasteiger partial charge in [0.1, 0.15) is 9.88 Å². The van der Waals surface area contributed by atoms with E-state index >= 15 is 0 Å². The summed E-state index contributed by atoms with van der Waals surface area (Å²) in [7, 11) is -3.73. The molecule has 110 valence electrons. The van der Waals surface area contributed by atoms with E-state index in [0.717, 1.165) is 5.56 Å². The number of halogens is 1. The molecule has 0 aliphatic heterocycles. The monoisotopic (exact) mass is 341 g/mol. The minimum atomic E-state index is -3.73. The summed E-state index contributed by atoms with van der Waals surface area (Å²) in [5.41, 5.74) is 6.74. The van der Waals surface area contributed by atoms with E-state index < -0.39 is 10.0 Å². The van der Waals surface area contributed by atoms with Gasteiger partial charge >= 0.3 is 0 Å². The fourth-order valence-electron chi connectivity index (χ4n) is 1.63. The molecule has 8 heteroatoms. The van der Waals surface area contributed by atoms with E-state index in [4.69, 9.17) is 29.6 Å². The topological polar surface area (TPSA) is 85.1 Å². The van der Waals surface area contributed by atoms with Crippen molar-refractivity contribution in [1.29, 1.82) is 0 Å². The van der Waals surface area contributed by atoms with E-state index in [1.165, 1.54) is 18.2 Å². The Morgan fingerprint density at radius 1 is 1.38 bits per heavy atom. The molecule has 2 rings (SSSR count). The zero-order valence-electron chi connectivity index (χ0n) is 10.8. The van der Waals surface area contributed by atoms with E-state index in [0.29, 0.717) is 5.56 Å². The van der Waals surface area contributed by atoms with Gasteiger partial charge in [-0.1, -0.05) is 36.0 Å². The van der Waals surface area contributed by atoms with E-state index in [2.05, 4.69) is 9.71 Å². The highest BCUT2D eigenvalue weighted by Gasteiger charge is 2.18. The van der Waals surface area contributed by atoms with Gasteiger partial charge in [0.2, 0.25) is 10.0 Å². The molecule has 0 spiro atoms. The quantitative estimate of drug-likeness (QED) is 0.811. The average Bonchev–Trinajstić information content (AvgIpc) is 2.46. The molecule has 0 saturated heterocycles. The maximum absolute atomic E-state index is 12.2. The summed E-state index contributed by atoms with van der Waals surface area (Å²) >= 11 is 10.8. The van der Waals surface area contributed by atoms with Crippen LogP contribution in [0.3, 0.4) is 0 Å². The first-order valence-corrected chi connectivity index (χ1v) is 8.15. The fourth-order valence-corrected chi connectivity index (χ4v) is 3.32. The van der Waals surface area contributed by atoms with Gasteiger partial charge in [-0.15, -0.1) is 0 Å². The van der Waals surface area contributed by atoms with Crippen LogP contribution in [0.4, 0.5) is 0 Å². The molecule has 21 heavy (non-hydrogen) atoms. The third-order valence-electron chi connectivity index (χ3n) is 2.70. The molecule has 0 bridgehead atoms. The zero-order valence-corrected chi connectivity index (χ0v) is 13.2. The minimum Gasteiger partial charge on any atom is -0.389 e. The molecule has 0 atom stereocenters. The number of sulfonamides is 1. The molecule has 5 nitrogen and oxygen atoms in total. The molecule has 0 fully saturated rings. The molecule has 1 heterocycles. The molecular weight excluding hydrogens is 330 g/mol. The van der Waals surface area contributed by atoms with Crippen LogP contribution in [0.1, 0.15) is 11.1 Å². The molecule has 2 aromatic rings. The lowest BCUT2D eigenvalue weighted by molar-refractivity contribution is 0.581. The normalized spacial score (nSPS) is 11.3. The maximum atomic E-state index is 12.2. The zero-order chi connectivity index (χ0) is 15.5. The summed E-state index contributed by atoms with van der Waals surface area (Å²) < 4.78 is 26.9. The molecule has 0 radical (unpaired) electrons. The number of aromatic nitrogens is 1. The van der Waals surface area contributed by atoms with Crippen molar-refractivity contribution < 1.29 is 8.42 Å². The fraction of sp³-hybridized carbons (Fsp3) is 0.0769. The highest BCUT2D eigenvalue weighted by molar-refractivity contribution is 7.89. The third-order valence-corrected chi connectivity index (χ3v) is 4.81. The number of hydrogen-bond donors (Lipinski definition) is 2. The van der Waals surface area contributed by atoms with Gasteiger partial charge < -0.3 is 5.73 Å². The van der Waals surface area contributed by atoms with E-state index in [9.17, 15) is 8.42 Å². The Hall–Kier alpha value is -1.54. The number of rotatable bonds is 5. The van der Waals surface area contributed by atoms with Gasteiger partial charge in [0.15, 0.2) is 0 Å². The summed E-state index contributed by atoms with van der Waals surface area (Å²) in [6, 6.07) is 7.83. The number of nitrogens with zero attached hydrogens (tertiary/aromatic N) is 1. The molecule has 1 aromatic heterocycles. The minimum absolute atomic E-state index is 0.0203. The van der Waals surface area contributed by atoms with Crippen LogP contribution in [-0.2, 0) is 16.6 Å². The third kappa shape index (κ3) is 3.98. The predicted molar refractivity (Wildman–Crippen MR) is 85.6 cm³/mol. The molecule has 0 saturated carbocycles. The second kappa shape index (κ2) is 6.48. The van der Waals surface area contributed by atoms with Gasteiger partial charge in [-0.2, -0.15) is 0 Å². The summed E-state index contributed by atoms with van der Waals surface area (Å²) in [6.45, 7) is 0.129. The van der Waals surface area contributed by atoms with Crippen LogP contribution in [0.2, 0.25) is 5.02 Å². The molecule has 0 amide bonds. The first-order valence-electron chi connectivity index (χ1n) is 5.88. The lowest BCUT2D eigenvalue weighted by Crippen LogP contribution is -2.23. The van der Waals surface area contributed by atoms with Crippen LogP contribution in [0, 0.1) is 0 Å². The summed E-state index contributed by atoms with van der Waals surface area (Å²) in [6.07, 6.45) is 3.20. The average molecular weight is 342 g/mol. The predicted octanol–water partition coefficient (Wildman–Crippen LogP) is 1.85. The van der Waals surface area contributed by atoms with Crippen molar-refractivity contribution in [1.82, 2.24) is 9.71 Å². The highest BCUT2D eigenvalue weighted by atomic mass is 35.5. The Morgan fingerprint density at radius 3 is 2.71 bits per heavy atom. The van der Waals surface area contributed by atoms with Crippen molar-refractivity contribution in [2.75, 3.05) is 0 Å². The smallest absolute Gasteiger partial charge is 0.242 e. The van der Waals surface area contributed by atoms with E-state index in [1.54, 1.807) is 24.5 Å². The van der Waals surface area contributed by atoms with Crippen LogP contribution in [0.15, 0.2) is 47.6 Å². The number of thiocarbonyl (C=S) groups is 1. The standard InChI is InChI=1S/C13H12ClN3O2S2/c14-11-6-10(13(15)20)3-4-12(11)21(18,19)17-8-9-2-1-5-16-7-9/h1-7,17H,8H2,(H2,15,20). The maximum Gasteiger partial charge on any atom is 0.242 e. The summed E-state index contributed by atoms with van der Waals surface area (Å²) in [5.74, 6) is 0. The van der Waals surface area contributed by atoms with Gasteiger partial charge in [-0.25, -0.2) is 13.1 Å². The van der Waals surface area contributed by atoms with Gasteiger partial charge in [-0.05, 0) is 23.8 Å². The molecular formula is C13H12ClN3O2S2. The second-order valence-corrected chi connectivity index (χ2v) is 6.78. The molecule has 0 unspecified atom stereocenters. The van der Waals surface area contributed by atoms with Crippen molar-refractivity contribution in [3.8, 4) is 0 Å². The molecule has 0 aliphatic carbocycles. The van der Waals surface area contributed by atoms with Crippen molar-refractivity contribution in [2.24, 2.45) is 5.73 Å². The first-order chi connectivity index (χ1) is 9.90. The number of nitrogens with two attached hydrogens (primary N) is 1. The highest BCUT2D eigenvalue weighted by Crippen LogP contribution is 2.22. The lowest BCUT2D eigenvalue weighted by Gasteiger charge is -2.09. The number of benzene rings is 1. The lowest BCUT2D eigenvalue weighted by atomic mass is 10.2.